The van der Waals surface area contributed by atoms with Gasteiger partial charge in [-0.15, -0.1) is 0 Å². The molecule has 1 aliphatic rings. The molecule has 1 aromatic rings. The summed E-state index contributed by atoms with van der Waals surface area (Å²) < 4.78 is 5.18. The van der Waals surface area contributed by atoms with Crippen LogP contribution in [0.15, 0.2) is 4.52 Å². The second-order valence-electron chi connectivity index (χ2n) is 4.31. The second kappa shape index (κ2) is 6.59. The van der Waals surface area contributed by atoms with E-state index in [2.05, 4.69) is 10.1 Å². The monoisotopic (exact) mass is 241 g/mol. The molecular weight excluding hydrogens is 218 g/mol. The fourth-order valence-corrected chi connectivity index (χ4v) is 1.65. The van der Waals surface area contributed by atoms with Crippen LogP contribution in [0.2, 0.25) is 0 Å². The molecule has 0 aromatic carbocycles. The molecule has 98 valence electrons. The van der Waals surface area contributed by atoms with Gasteiger partial charge in [0.1, 0.15) is 0 Å². The molecule has 5 heteroatoms. The maximum absolute atomic E-state index is 9.37. The lowest BCUT2D eigenvalue weighted by Crippen LogP contribution is -2.36. The minimum absolute atomic E-state index is 0.172. The summed E-state index contributed by atoms with van der Waals surface area (Å²) in [6.45, 7) is 9.66. The molecule has 2 heterocycles. The van der Waals surface area contributed by atoms with Crippen molar-refractivity contribution in [2.75, 3.05) is 18.0 Å². The number of aliphatic hydroxyl groups is 1. The SMILES string of the molecule is CC.CC(C)c1noc(N2CCC(O)CC2)n1. The van der Waals surface area contributed by atoms with Gasteiger partial charge < -0.3 is 14.5 Å². The molecule has 0 saturated carbocycles. The number of aromatic nitrogens is 2. The van der Waals surface area contributed by atoms with E-state index in [0.717, 1.165) is 31.8 Å². The molecular formula is C12H23N3O2. The van der Waals surface area contributed by atoms with E-state index in [1.54, 1.807) is 0 Å². The highest BCUT2D eigenvalue weighted by Crippen LogP contribution is 2.20. The summed E-state index contributed by atoms with van der Waals surface area (Å²) in [6.07, 6.45) is 1.38. The van der Waals surface area contributed by atoms with Crippen LogP contribution in [0.25, 0.3) is 0 Å². The molecule has 0 unspecified atom stereocenters. The minimum Gasteiger partial charge on any atom is -0.393 e. The predicted molar refractivity (Wildman–Crippen MR) is 67.2 cm³/mol. The van der Waals surface area contributed by atoms with Gasteiger partial charge >= 0.3 is 6.01 Å². The van der Waals surface area contributed by atoms with Gasteiger partial charge in [0.25, 0.3) is 0 Å². The average Bonchev–Trinajstić information content (AvgIpc) is 2.82. The van der Waals surface area contributed by atoms with E-state index < -0.39 is 0 Å². The second-order valence-corrected chi connectivity index (χ2v) is 4.31. The Kier molecular flexibility index (Phi) is 5.41. The summed E-state index contributed by atoms with van der Waals surface area (Å²) >= 11 is 0. The van der Waals surface area contributed by atoms with Crippen LogP contribution < -0.4 is 4.90 Å². The van der Waals surface area contributed by atoms with E-state index in [4.69, 9.17) is 4.52 Å². The predicted octanol–water partition coefficient (Wildman–Crippen LogP) is 2.18. The molecule has 0 atom stereocenters. The molecule has 1 aliphatic heterocycles. The van der Waals surface area contributed by atoms with E-state index in [-0.39, 0.29) is 12.0 Å². The molecule has 0 spiro atoms. The lowest BCUT2D eigenvalue weighted by atomic mass is 10.1. The third kappa shape index (κ3) is 3.70. The Morgan fingerprint density at radius 3 is 2.35 bits per heavy atom. The van der Waals surface area contributed by atoms with Crippen molar-refractivity contribution in [3.63, 3.8) is 0 Å². The van der Waals surface area contributed by atoms with Crippen molar-refractivity contribution in [3.05, 3.63) is 5.82 Å². The first-order valence-electron chi connectivity index (χ1n) is 6.43. The van der Waals surface area contributed by atoms with Gasteiger partial charge in [-0.1, -0.05) is 32.9 Å². The van der Waals surface area contributed by atoms with E-state index in [0.29, 0.717) is 6.01 Å². The van der Waals surface area contributed by atoms with Gasteiger partial charge in [-0.3, -0.25) is 0 Å². The lowest BCUT2D eigenvalue weighted by Gasteiger charge is -2.27. The van der Waals surface area contributed by atoms with Crippen molar-refractivity contribution in [3.8, 4) is 0 Å². The van der Waals surface area contributed by atoms with Gasteiger partial charge in [-0.2, -0.15) is 4.98 Å². The number of anilines is 1. The van der Waals surface area contributed by atoms with Crippen LogP contribution in [0, 0.1) is 0 Å². The first-order chi connectivity index (χ1) is 8.16. The number of nitrogens with zero attached hydrogens (tertiary/aromatic N) is 3. The maximum atomic E-state index is 9.37. The summed E-state index contributed by atoms with van der Waals surface area (Å²) in [4.78, 5) is 6.36. The molecule has 0 amide bonds. The molecule has 1 saturated heterocycles. The third-order valence-corrected chi connectivity index (χ3v) is 2.68. The van der Waals surface area contributed by atoms with Gasteiger partial charge in [-0.25, -0.2) is 0 Å². The average molecular weight is 241 g/mol. The van der Waals surface area contributed by atoms with Crippen molar-refractivity contribution >= 4 is 6.01 Å². The van der Waals surface area contributed by atoms with Crippen LogP contribution in [0.3, 0.4) is 0 Å². The van der Waals surface area contributed by atoms with Crippen molar-refractivity contribution in [1.29, 1.82) is 0 Å². The van der Waals surface area contributed by atoms with Gasteiger partial charge in [-0.05, 0) is 12.8 Å². The fraction of sp³-hybridized carbons (Fsp3) is 0.833. The quantitative estimate of drug-likeness (QED) is 0.859. The molecule has 0 radical (unpaired) electrons. The molecule has 17 heavy (non-hydrogen) atoms. The Hall–Kier alpha value is -1.10. The van der Waals surface area contributed by atoms with Crippen LogP contribution in [-0.4, -0.2) is 34.4 Å². The van der Waals surface area contributed by atoms with E-state index >= 15 is 0 Å². The number of hydrogen-bond acceptors (Lipinski definition) is 5. The zero-order valence-corrected chi connectivity index (χ0v) is 11.2. The van der Waals surface area contributed by atoms with Crippen LogP contribution in [0.4, 0.5) is 6.01 Å². The molecule has 0 aliphatic carbocycles. The summed E-state index contributed by atoms with van der Waals surface area (Å²) in [7, 11) is 0. The zero-order valence-electron chi connectivity index (χ0n) is 11.2. The standard InChI is InChI=1S/C10H17N3O2.C2H6/c1-7(2)9-11-10(15-12-9)13-5-3-8(14)4-6-13;1-2/h7-8,14H,3-6H2,1-2H3;1-2H3. The van der Waals surface area contributed by atoms with Gasteiger partial charge in [0.15, 0.2) is 5.82 Å². The highest BCUT2D eigenvalue weighted by molar-refractivity contribution is 5.26. The number of rotatable bonds is 2. The molecule has 1 fully saturated rings. The highest BCUT2D eigenvalue weighted by atomic mass is 16.5. The molecule has 0 bridgehead atoms. The first-order valence-corrected chi connectivity index (χ1v) is 6.43. The number of hydrogen-bond donors (Lipinski definition) is 1. The minimum atomic E-state index is -0.172. The summed E-state index contributed by atoms with van der Waals surface area (Å²) in [6, 6.07) is 0.589. The number of aliphatic hydroxyl groups excluding tert-OH is 1. The molecule has 5 nitrogen and oxygen atoms in total. The summed E-state index contributed by atoms with van der Waals surface area (Å²) in [5.41, 5.74) is 0. The Balaban J connectivity index is 0.000000686. The van der Waals surface area contributed by atoms with Crippen molar-refractivity contribution in [2.24, 2.45) is 0 Å². The number of piperidine rings is 1. The van der Waals surface area contributed by atoms with Crippen LogP contribution in [0.1, 0.15) is 52.3 Å². The summed E-state index contributed by atoms with van der Waals surface area (Å²) in [5, 5.41) is 13.3. The topological polar surface area (TPSA) is 62.4 Å². The van der Waals surface area contributed by atoms with Gasteiger partial charge in [0.2, 0.25) is 0 Å². The van der Waals surface area contributed by atoms with Gasteiger partial charge in [0, 0.05) is 19.0 Å². The highest BCUT2D eigenvalue weighted by Gasteiger charge is 2.21. The Morgan fingerprint density at radius 2 is 1.88 bits per heavy atom. The Labute approximate surface area is 103 Å². The fourth-order valence-electron chi connectivity index (χ4n) is 1.65. The van der Waals surface area contributed by atoms with Crippen LogP contribution >= 0.6 is 0 Å². The smallest absolute Gasteiger partial charge is 0.324 e. The van der Waals surface area contributed by atoms with Crippen molar-refractivity contribution < 1.29 is 9.63 Å². The largest absolute Gasteiger partial charge is 0.393 e. The Bertz CT molecular complexity index is 317. The normalized spacial score (nSPS) is 16.9. The molecule has 1 aromatic heterocycles. The molecule has 2 rings (SSSR count). The first kappa shape index (κ1) is 14.0. The third-order valence-electron chi connectivity index (χ3n) is 2.68. The van der Waals surface area contributed by atoms with Crippen LogP contribution in [-0.2, 0) is 0 Å². The zero-order chi connectivity index (χ0) is 12.8. The van der Waals surface area contributed by atoms with E-state index in [1.807, 2.05) is 32.6 Å². The van der Waals surface area contributed by atoms with E-state index in [1.165, 1.54) is 0 Å². The molecule has 1 N–H and O–H groups in total. The van der Waals surface area contributed by atoms with Crippen LogP contribution in [0.5, 0.6) is 0 Å². The van der Waals surface area contributed by atoms with Crippen molar-refractivity contribution in [1.82, 2.24) is 10.1 Å². The van der Waals surface area contributed by atoms with E-state index in [9.17, 15) is 5.11 Å². The van der Waals surface area contributed by atoms with Crippen molar-refractivity contribution in [2.45, 2.75) is 52.6 Å². The maximum Gasteiger partial charge on any atom is 0.324 e. The Morgan fingerprint density at radius 1 is 1.29 bits per heavy atom. The lowest BCUT2D eigenvalue weighted by molar-refractivity contribution is 0.143. The summed E-state index contributed by atoms with van der Waals surface area (Å²) in [5.74, 6) is 1.04. The van der Waals surface area contributed by atoms with Gasteiger partial charge in [0.05, 0.1) is 6.10 Å².